The van der Waals surface area contributed by atoms with Crippen molar-refractivity contribution in [1.82, 2.24) is 14.8 Å². The Morgan fingerprint density at radius 3 is 2.78 bits per heavy atom. The van der Waals surface area contributed by atoms with Crippen LogP contribution in [0.2, 0.25) is 0 Å². The van der Waals surface area contributed by atoms with Gasteiger partial charge in [-0.3, -0.25) is 9.59 Å². The van der Waals surface area contributed by atoms with Gasteiger partial charge in [-0.15, -0.1) is 11.3 Å². The minimum absolute atomic E-state index is 0.0541. The molecule has 5 nitrogen and oxygen atoms in total. The van der Waals surface area contributed by atoms with E-state index in [2.05, 4.69) is 17.1 Å². The number of piperidine rings is 1. The van der Waals surface area contributed by atoms with Crippen molar-refractivity contribution in [2.45, 2.75) is 45.2 Å². The van der Waals surface area contributed by atoms with Gasteiger partial charge < -0.3 is 9.80 Å². The fourth-order valence-electron chi connectivity index (χ4n) is 4.18. The van der Waals surface area contributed by atoms with Crippen LogP contribution in [0.15, 0.2) is 35.8 Å². The van der Waals surface area contributed by atoms with Crippen molar-refractivity contribution >= 4 is 23.2 Å². The van der Waals surface area contributed by atoms with E-state index in [0.29, 0.717) is 26.1 Å². The summed E-state index contributed by atoms with van der Waals surface area (Å²) in [6.07, 6.45) is 3.12. The molecule has 3 fully saturated rings. The highest BCUT2D eigenvalue weighted by Gasteiger charge is 2.41. The molecule has 0 N–H and O–H groups in total. The van der Waals surface area contributed by atoms with E-state index in [9.17, 15) is 9.59 Å². The normalized spacial score (nSPS) is 22.2. The first kappa shape index (κ1) is 18.2. The van der Waals surface area contributed by atoms with Gasteiger partial charge >= 0.3 is 0 Å². The molecule has 0 saturated carbocycles. The molecule has 0 radical (unpaired) electrons. The van der Waals surface area contributed by atoms with Gasteiger partial charge in [0, 0.05) is 37.0 Å². The molecule has 1 aromatic heterocycles. The third kappa shape index (κ3) is 3.90. The Morgan fingerprint density at radius 1 is 1.22 bits per heavy atom. The maximum absolute atomic E-state index is 13.0. The zero-order valence-electron chi connectivity index (χ0n) is 15.6. The van der Waals surface area contributed by atoms with Crippen LogP contribution in [0.1, 0.15) is 35.4 Å². The molecule has 142 valence electrons. The maximum Gasteiger partial charge on any atom is 0.228 e. The van der Waals surface area contributed by atoms with Gasteiger partial charge in [-0.2, -0.15) is 0 Å². The van der Waals surface area contributed by atoms with Crippen molar-refractivity contribution in [2.24, 2.45) is 5.92 Å². The van der Waals surface area contributed by atoms with Gasteiger partial charge in [0.25, 0.3) is 0 Å². The number of carbonyl (C=O) groups excluding carboxylic acids is 2. The van der Waals surface area contributed by atoms with Gasteiger partial charge in [0.05, 0.1) is 17.1 Å². The highest BCUT2D eigenvalue weighted by Crippen LogP contribution is 2.31. The molecular formula is C21H25N3O2S. The molecule has 0 aliphatic carbocycles. The van der Waals surface area contributed by atoms with Crippen molar-refractivity contribution in [2.75, 3.05) is 13.1 Å². The average Bonchev–Trinajstić information content (AvgIpc) is 2.90. The Balaban J connectivity index is 1.43. The van der Waals surface area contributed by atoms with E-state index in [-0.39, 0.29) is 23.8 Å². The second-order valence-electron chi connectivity index (χ2n) is 7.54. The SMILES string of the molecule is Cc1ncsc1CCC(=O)N1C[C@@H]2CC[C@H](C1)N(Cc1ccccc1)C2=O. The summed E-state index contributed by atoms with van der Waals surface area (Å²) >= 11 is 1.61. The minimum atomic E-state index is -0.0541. The Kier molecular flexibility index (Phi) is 5.25. The number of hydrogen-bond donors (Lipinski definition) is 0. The molecule has 5 rings (SSSR count). The number of amides is 2. The first-order valence-corrected chi connectivity index (χ1v) is 10.5. The first-order valence-electron chi connectivity index (χ1n) is 9.63. The standard InChI is InChI=1S/C21H25N3O2S/c1-15-19(27-14-22-15)9-10-20(25)23-12-17-7-8-18(13-23)24(21(17)26)11-16-5-3-2-4-6-16/h2-6,14,17-18H,7-13H2,1H3/t17-,18+/m0/s1. The number of benzene rings is 1. The monoisotopic (exact) mass is 383 g/mol. The molecule has 3 aliphatic rings. The number of hydrogen-bond acceptors (Lipinski definition) is 4. The summed E-state index contributed by atoms with van der Waals surface area (Å²) in [4.78, 5) is 35.2. The summed E-state index contributed by atoms with van der Waals surface area (Å²) in [7, 11) is 0. The number of rotatable bonds is 5. The Bertz CT molecular complexity index is 820. The van der Waals surface area contributed by atoms with Crippen LogP contribution in [0, 0.1) is 12.8 Å². The van der Waals surface area contributed by atoms with E-state index in [0.717, 1.165) is 30.5 Å². The summed E-state index contributed by atoms with van der Waals surface area (Å²) in [5.74, 6) is 0.319. The Hall–Kier alpha value is -2.21. The lowest BCUT2D eigenvalue weighted by molar-refractivity contribution is -0.140. The van der Waals surface area contributed by atoms with Gasteiger partial charge in [-0.1, -0.05) is 30.3 Å². The molecule has 3 aliphatic heterocycles. The van der Waals surface area contributed by atoms with Gasteiger partial charge in [0.15, 0.2) is 0 Å². The lowest BCUT2D eigenvalue weighted by Gasteiger charge is -2.36. The quantitative estimate of drug-likeness (QED) is 0.797. The van der Waals surface area contributed by atoms with Crippen LogP contribution < -0.4 is 0 Å². The van der Waals surface area contributed by atoms with E-state index in [1.54, 1.807) is 11.3 Å². The molecule has 3 saturated heterocycles. The lowest BCUT2D eigenvalue weighted by Crippen LogP contribution is -2.47. The zero-order valence-corrected chi connectivity index (χ0v) is 16.5. The first-order chi connectivity index (χ1) is 13.1. The molecular weight excluding hydrogens is 358 g/mol. The van der Waals surface area contributed by atoms with E-state index < -0.39 is 0 Å². The molecule has 2 bridgehead atoms. The van der Waals surface area contributed by atoms with E-state index in [1.165, 1.54) is 4.88 Å². The van der Waals surface area contributed by atoms with Gasteiger partial charge in [0.2, 0.25) is 11.8 Å². The molecule has 27 heavy (non-hydrogen) atoms. The molecule has 2 amide bonds. The van der Waals surface area contributed by atoms with Crippen LogP contribution in [0.5, 0.6) is 0 Å². The van der Waals surface area contributed by atoms with Gasteiger partial charge in [-0.25, -0.2) is 4.98 Å². The molecule has 0 unspecified atom stereocenters. The molecule has 0 spiro atoms. The number of nitrogens with zero attached hydrogens (tertiary/aromatic N) is 3. The lowest BCUT2D eigenvalue weighted by atomic mass is 9.93. The van der Waals surface area contributed by atoms with Crippen LogP contribution in [0.4, 0.5) is 0 Å². The van der Waals surface area contributed by atoms with E-state index in [4.69, 9.17) is 0 Å². The highest BCUT2D eigenvalue weighted by atomic mass is 32.1. The maximum atomic E-state index is 13.0. The minimum Gasteiger partial charge on any atom is -0.340 e. The van der Waals surface area contributed by atoms with Crippen molar-refractivity contribution < 1.29 is 9.59 Å². The summed E-state index contributed by atoms with van der Waals surface area (Å²) in [5, 5.41) is 0. The molecule has 2 aromatic rings. The van der Waals surface area contributed by atoms with Crippen molar-refractivity contribution in [3.63, 3.8) is 0 Å². The van der Waals surface area contributed by atoms with Crippen molar-refractivity contribution in [3.05, 3.63) is 52.0 Å². The van der Waals surface area contributed by atoms with E-state index in [1.807, 2.05) is 40.4 Å². The second-order valence-corrected chi connectivity index (χ2v) is 8.48. The summed E-state index contributed by atoms with van der Waals surface area (Å²) in [5.41, 5.74) is 4.01. The fraction of sp³-hybridized carbons (Fsp3) is 0.476. The second kappa shape index (κ2) is 7.80. The van der Waals surface area contributed by atoms with Crippen molar-refractivity contribution in [1.29, 1.82) is 0 Å². The fourth-order valence-corrected chi connectivity index (χ4v) is 4.96. The topological polar surface area (TPSA) is 53.5 Å². The van der Waals surface area contributed by atoms with E-state index >= 15 is 0 Å². The number of aryl methyl sites for hydroxylation is 2. The number of aromatic nitrogens is 1. The number of carbonyl (C=O) groups is 2. The van der Waals surface area contributed by atoms with Crippen LogP contribution in [0.3, 0.4) is 0 Å². The number of fused-ring (bicyclic) bond motifs is 4. The third-order valence-electron chi connectivity index (χ3n) is 5.75. The third-order valence-corrected chi connectivity index (χ3v) is 6.75. The predicted octanol–water partition coefficient (Wildman–Crippen LogP) is 3.03. The Labute approximate surface area is 164 Å². The zero-order chi connectivity index (χ0) is 18.8. The van der Waals surface area contributed by atoms with Crippen molar-refractivity contribution in [3.8, 4) is 0 Å². The average molecular weight is 384 g/mol. The van der Waals surface area contributed by atoms with Crippen LogP contribution in [-0.4, -0.2) is 45.7 Å². The van der Waals surface area contributed by atoms with Gasteiger partial charge in [-0.05, 0) is 31.7 Å². The molecule has 6 heteroatoms. The van der Waals surface area contributed by atoms with Crippen LogP contribution >= 0.6 is 11.3 Å². The largest absolute Gasteiger partial charge is 0.340 e. The number of thiazole rings is 1. The highest BCUT2D eigenvalue weighted by molar-refractivity contribution is 7.09. The van der Waals surface area contributed by atoms with Crippen LogP contribution in [0.25, 0.3) is 0 Å². The summed E-state index contributed by atoms with van der Waals surface area (Å²) < 4.78 is 0. The summed E-state index contributed by atoms with van der Waals surface area (Å²) in [6, 6.07) is 10.3. The summed E-state index contributed by atoms with van der Waals surface area (Å²) in [6.45, 7) is 3.86. The smallest absolute Gasteiger partial charge is 0.228 e. The molecule has 4 heterocycles. The van der Waals surface area contributed by atoms with Gasteiger partial charge in [0.1, 0.15) is 0 Å². The Morgan fingerprint density at radius 2 is 2.04 bits per heavy atom. The molecule has 2 atom stereocenters. The van der Waals surface area contributed by atoms with Crippen LogP contribution in [-0.2, 0) is 22.6 Å². The molecule has 1 aromatic carbocycles. The predicted molar refractivity (Wildman–Crippen MR) is 105 cm³/mol.